The molecule has 0 atom stereocenters. The number of carbonyl (C=O) groups excluding carboxylic acids is 1. The average molecular weight is 323 g/mol. The van der Waals surface area contributed by atoms with Crippen LogP contribution in [0.3, 0.4) is 0 Å². The van der Waals surface area contributed by atoms with Crippen molar-refractivity contribution >= 4 is 25.2 Å². The predicted molar refractivity (Wildman–Crippen MR) is 72.6 cm³/mol. The number of aromatic nitrogens is 1. The van der Waals surface area contributed by atoms with Crippen LogP contribution in [0.2, 0.25) is 0 Å². The van der Waals surface area contributed by atoms with Crippen molar-refractivity contribution < 1.29 is 9.53 Å². The second-order valence-corrected chi connectivity index (χ2v) is 5.86. The fourth-order valence-electron chi connectivity index (χ4n) is 1.45. The van der Waals surface area contributed by atoms with Crippen molar-refractivity contribution in [1.82, 2.24) is 4.98 Å². The summed E-state index contributed by atoms with van der Waals surface area (Å²) in [6.07, 6.45) is 0. The van der Waals surface area contributed by atoms with Gasteiger partial charge in [-0.25, -0.2) is 0 Å². The first-order valence-corrected chi connectivity index (χ1v) is 7.28. The molecular formula is C13H12N2O3Se. The van der Waals surface area contributed by atoms with E-state index in [1.165, 1.54) is 13.2 Å². The van der Waals surface area contributed by atoms with Crippen LogP contribution in [0.5, 0.6) is 0 Å². The number of methoxy groups -OCH3 is 1. The number of nitrogens with zero attached hydrogens (tertiary/aromatic N) is 1. The molecule has 2 aromatic rings. The van der Waals surface area contributed by atoms with E-state index in [4.69, 9.17) is 0 Å². The topological polar surface area (TPSA) is 68.3 Å². The van der Waals surface area contributed by atoms with E-state index in [1.54, 1.807) is 0 Å². The SMILES string of the molecule is COC(=O)c1cc(=O)nc(NCc2ccccc2)[se]1. The van der Waals surface area contributed by atoms with Crippen molar-refractivity contribution in [2.45, 2.75) is 6.54 Å². The Balaban J connectivity index is 2.14. The predicted octanol–water partition coefficient (Wildman–Crippen LogP) is 0.897. The third-order valence-electron chi connectivity index (χ3n) is 2.35. The van der Waals surface area contributed by atoms with Crippen LogP contribution in [0.1, 0.15) is 14.8 Å². The normalized spacial score (nSPS) is 9.95. The van der Waals surface area contributed by atoms with Gasteiger partial charge in [-0.3, -0.25) is 0 Å². The Kier molecular flexibility index (Phi) is 4.49. The second kappa shape index (κ2) is 6.31. The van der Waals surface area contributed by atoms with Crippen molar-refractivity contribution in [3.05, 3.63) is 56.8 Å². The Morgan fingerprint density at radius 3 is 2.79 bits per heavy atom. The molecule has 0 aliphatic heterocycles. The average Bonchev–Trinajstić information content (AvgIpc) is 2.45. The van der Waals surface area contributed by atoms with Gasteiger partial charge in [-0.15, -0.1) is 0 Å². The van der Waals surface area contributed by atoms with Gasteiger partial charge in [-0.05, 0) is 0 Å². The van der Waals surface area contributed by atoms with E-state index in [1.807, 2.05) is 30.3 Å². The van der Waals surface area contributed by atoms with E-state index in [2.05, 4.69) is 15.0 Å². The molecule has 0 radical (unpaired) electrons. The number of rotatable bonds is 4. The molecule has 5 nitrogen and oxygen atoms in total. The van der Waals surface area contributed by atoms with Crippen LogP contribution in [0.25, 0.3) is 0 Å². The van der Waals surface area contributed by atoms with Gasteiger partial charge in [-0.2, -0.15) is 0 Å². The molecule has 1 heterocycles. The van der Waals surface area contributed by atoms with Gasteiger partial charge in [0.25, 0.3) is 0 Å². The molecule has 98 valence electrons. The summed E-state index contributed by atoms with van der Waals surface area (Å²) in [6.45, 7) is 0.573. The van der Waals surface area contributed by atoms with Crippen molar-refractivity contribution in [1.29, 1.82) is 0 Å². The van der Waals surface area contributed by atoms with Crippen LogP contribution in [-0.2, 0) is 11.3 Å². The first kappa shape index (κ1) is 13.5. The molecule has 1 aromatic carbocycles. The summed E-state index contributed by atoms with van der Waals surface area (Å²) in [5.74, 6) is -0.470. The number of hydrogen-bond acceptors (Lipinski definition) is 5. The van der Waals surface area contributed by atoms with E-state index in [0.717, 1.165) is 5.56 Å². The van der Waals surface area contributed by atoms with Crippen molar-refractivity contribution in [3.63, 3.8) is 0 Å². The van der Waals surface area contributed by atoms with Gasteiger partial charge in [0.1, 0.15) is 0 Å². The summed E-state index contributed by atoms with van der Waals surface area (Å²) in [4.78, 5) is 26.7. The molecule has 6 heteroatoms. The van der Waals surface area contributed by atoms with Gasteiger partial charge in [0.15, 0.2) is 0 Å². The summed E-state index contributed by atoms with van der Waals surface area (Å²) in [7, 11) is 1.30. The quantitative estimate of drug-likeness (QED) is 0.669. The fourth-order valence-corrected chi connectivity index (χ4v) is 3.16. The number of benzene rings is 1. The number of hydrogen-bond donors (Lipinski definition) is 1. The summed E-state index contributed by atoms with van der Waals surface area (Å²) in [6, 6.07) is 11.0. The van der Waals surface area contributed by atoms with Crippen molar-refractivity contribution in [2.24, 2.45) is 0 Å². The van der Waals surface area contributed by atoms with Crippen LogP contribution in [-0.4, -0.2) is 32.6 Å². The molecule has 0 fully saturated rings. The molecule has 0 spiro atoms. The zero-order valence-electron chi connectivity index (χ0n) is 10.3. The Morgan fingerprint density at radius 1 is 1.37 bits per heavy atom. The first-order valence-electron chi connectivity index (χ1n) is 5.57. The molecule has 0 aliphatic rings. The molecule has 0 saturated carbocycles. The van der Waals surface area contributed by atoms with Crippen LogP contribution in [0, 0.1) is 0 Å². The number of esters is 1. The molecule has 0 bridgehead atoms. The maximum atomic E-state index is 11.4. The van der Waals surface area contributed by atoms with Crippen molar-refractivity contribution in [3.8, 4) is 0 Å². The minimum atomic E-state index is -0.470. The first-order chi connectivity index (χ1) is 9.19. The van der Waals surface area contributed by atoms with Gasteiger partial charge in [0.05, 0.1) is 0 Å². The molecular weight excluding hydrogens is 311 g/mol. The second-order valence-electron chi connectivity index (χ2n) is 3.70. The number of nitrogens with one attached hydrogen (secondary N) is 1. The Bertz CT molecular complexity index is 625. The molecule has 0 aliphatic carbocycles. The van der Waals surface area contributed by atoms with E-state index < -0.39 is 11.5 Å². The van der Waals surface area contributed by atoms with Gasteiger partial charge in [0.2, 0.25) is 0 Å². The summed E-state index contributed by atoms with van der Waals surface area (Å²) >= 11 is -0.324. The van der Waals surface area contributed by atoms with E-state index in [-0.39, 0.29) is 14.5 Å². The zero-order valence-corrected chi connectivity index (χ0v) is 12.0. The number of carbonyl (C=O) groups is 1. The van der Waals surface area contributed by atoms with Gasteiger partial charge in [0, 0.05) is 0 Å². The third-order valence-corrected chi connectivity index (χ3v) is 4.30. The summed E-state index contributed by atoms with van der Waals surface area (Å²) in [5.41, 5.74) is 0.659. The minimum absolute atomic E-state index is 0.324. The Hall–Kier alpha value is -1.91. The summed E-state index contributed by atoms with van der Waals surface area (Å²) < 4.78 is 5.55. The van der Waals surface area contributed by atoms with Crippen LogP contribution in [0.15, 0.2) is 41.2 Å². The Morgan fingerprint density at radius 2 is 2.11 bits per heavy atom. The Labute approximate surface area is 116 Å². The zero-order chi connectivity index (χ0) is 13.7. The van der Waals surface area contributed by atoms with Crippen molar-refractivity contribution in [2.75, 3.05) is 12.4 Å². The molecule has 0 unspecified atom stereocenters. The molecule has 0 amide bonds. The van der Waals surface area contributed by atoms with E-state index >= 15 is 0 Å². The maximum absolute atomic E-state index is 11.4. The van der Waals surface area contributed by atoms with Gasteiger partial charge >= 0.3 is 115 Å². The number of anilines is 1. The molecule has 0 saturated heterocycles. The van der Waals surface area contributed by atoms with Crippen LogP contribution < -0.4 is 10.9 Å². The fraction of sp³-hybridized carbons (Fsp3) is 0.154. The third kappa shape index (κ3) is 3.77. The molecule has 1 N–H and O–H groups in total. The van der Waals surface area contributed by atoms with Crippen LogP contribution >= 0.6 is 0 Å². The van der Waals surface area contributed by atoms with Crippen LogP contribution in [0.4, 0.5) is 4.69 Å². The monoisotopic (exact) mass is 324 g/mol. The molecule has 1 aromatic heterocycles. The standard InChI is InChI=1S/C13H12N2O3Se/c1-18-12(17)10-7-11(16)15-13(19-10)14-8-9-5-3-2-4-6-9/h2-7H,8H2,1H3,(H,14,15,16). The summed E-state index contributed by atoms with van der Waals surface area (Å²) in [5, 5.41) is 3.09. The molecule has 2 rings (SSSR count). The number of ether oxygens (including phenoxy) is 1. The van der Waals surface area contributed by atoms with Gasteiger partial charge < -0.3 is 0 Å². The van der Waals surface area contributed by atoms with Gasteiger partial charge in [-0.1, -0.05) is 0 Å². The van der Waals surface area contributed by atoms with E-state index in [0.29, 0.717) is 15.7 Å². The molecule has 19 heavy (non-hydrogen) atoms. The van der Waals surface area contributed by atoms with E-state index in [9.17, 15) is 9.59 Å².